The number of hydrogen-bond acceptors (Lipinski definition) is 4. The molecule has 1 aliphatic heterocycles. The van der Waals surface area contributed by atoms with Gasteiger partial charge in [-0.2, -0.15) is 0 Å². The summed E-state index contributed by atoms with van der Waals surface area (Å²) in [6.45, 7) is 8.38. The first-order valence-electron chi connectivity index (χ1n) is 9.61. The maximum atomic E-state index is 12.9. The summed E-state index contributed by atoms with van der Waals surface area (Å²) in [6.07, 6.45) is 4.05. The number of nitrogens with one attached hydrogen (secondary N) is 1. The van der Waals surface area contributed by atoms with Crippen LogP contribution in [0.15, 0.2) is 12.1 Å². The molecule has 0 spiro atoms. The number of benzene rings is 1. The second kappa shape index (κ2) is 10.6. The van der Waals surface area contributed by atoms with Crippen molar-refractivity contribution in [2.24, 2.45) is 5.92 Å². The van der Waals surface area contributed by atoms with Crippen molar-refractivity contribution in [3.63, 3.8) is 0 Å². The summed E-state index contributed by atoms with van der Waals surface area (Å²) in [5.74, 6) is 1.68. The van der Waals surface area contributed by atoms with Gasteiger partial charge in [-0.25, -0.2) is 0 Å². The van der Waals surface area contributed by atoms with Gasteiger partial charge in [0, 0.05) is 18.7 Å². The van der Waals surface area contributed by atoms with Gasteiger partial charge in [0.05, 0.1) is 18.7 Å². The Hall–Kier alpha value is -1.46. The molecule has 1 N–H and O–H groups in total. The quantitative estimate of drug-likeness (QED) is 0.656. The molecule has 1 aromatic carbocycles. The van der Waals surface area contributed by atoms with Crippen LogP contribution in [-0.4, -0.2) is 50.7 Å². The van der Waals surface area contributed by atoms with E-state index in [2.05, 4.69) is 19.2 Å². The van der Waals surface area contributed by atoms with Gasteiger partial charge in [-0.05, 0) is 50.4 Å². The lowest BCUT2D eigenvalue weighted by Gasteiger charge is -2.32. The maximum absolute atomic E-state index is 12.9. The van der Waals surface area contributed by atoms with Crippen molar-refractivity contribution < 1.29 is 14.3 Å². The molecule has 0 aromatic heterocycles. The summed E-state index contributed by atoms with van der Waals surface area (Å²) in [4.78, 5) is 14.8. The zero-order valence-corrected chi connectivity index (χ0v) is 16.9. The Morgan fingerprint density at radius 3 is 2.65 bits per heavy atom. The van der Waals surface area contributed by atoms with E-state index in [9.17, 15) is 4.79 Å². The fourth-order valence-electron chi connectivity index (χ4n) is 3.17. The van der Waals surface area contributed by atoms with Crippen molar-refractivity contribution in [2.75, 3.05) is 39.9 Å². The van der Waals surface area contributed by atoms with E-state index in [-0.39, 0.29) is 5.91 Å². The molecule has 1 amide bonds. The van der Waals surface area contributed by atoms with Crippen molar-refractivity contribution in [1.82, 2.24) is 10.2 Å². The number of carbonyl (C=O) groups excluding carboxylic acids is 1. The molecule has 6 heteroatoms. The number of piperidine rings is 1. The Morgan fingerprint density at radius 2 is 2.04 bits per heavy atom. The number of rotatable bonds is 9. The summed E-state index contributed by atoms with van der Waals surface area (Å²) in [7, 11) is 1.57. The van der Waals surface area contributed by atoms with E-state index in [0.717, 1.165) is 51.9 Å². The van der Waals surface area contributed by atoms with Crippen LogP contribution in [0.25, 0.3) is 0 Å². The van der Waals surface area contributed by atoms with Crippen LogP contribution in [0.2, 0.25) is 5.02 Å². The summed E-state index contributed by atoms with van der Waals surface area (Å²) < 4.78 is 11.2. The van der Waals surface area contributed by atoms with Gasteiger partial charge in [-0.1, -0.05) is 31.9 Å². The van der Waals surface area contributed by atoms with Crippen LogP contribution in [-0.2, 0) is 0 Å². The molecule has 0 aliphatic carbocycles. The van der Waals surface area contributed by atoms with Crippen LogP contribution < -0.4 is 14.8 Å². The molecule has 146 valence electrons. The molecule has 5 nitrogen and oxygen atoms in total. The molecule has 1 aromatic rings. The summed E-state index contributed by atoms with van der Waals surface area (Å²) in [5.41, 5.74) is 0.555. The van der Waals surface area contributed by atoms with Crippen LogP contribution in [0.1, 0.15) is 49.9 Å². The van der Waals surface area contributed by atoms with E-state index in [1.807, 2.05) is 4.90 Å². The van der Waals surface area contributed by atoms with E-state index < -0.39 is 0 Å². The summed E-state index contributed by atoms with van der Waals surface area (Å²) >= 11 is 6.37. The number of likely N-dealkylation sites (tertiary alicyclic amines) is 1. The Bertz CT molecular complexity index is 587. The summed E-state index contributed by atoms with van der Waals surface area (Å²) in [6, 6.07) is 3.43. The highest BCUT2D eigenvalue weighted by Crippen LogP contribution is 2.37. The van der Waals surface area contributed by atoms with E-state index in [1.165, 1.54) is 0 Å². The average Bonchev–Trinajstić information content (AvgIpc) is 2.67. The van der Waals surface area contributed by atoms with Crippen LogP contribution in [0.5, 0.6) is 11.5 Å². The van der Waals surface area contributed by atoms with Crippen molar-refractivity contribution in [2.45, 2.75) is 39.5 Å². The molecule has 0 bridgehead atoms. The van der Waals surface area contributed by atoms with Gasteiger partial charge in [0.25, 0.3) is 5.91 Å². The zero-order chi connectivity index (χ0) is 18.9. The molecule has 0 saturated carbocycles. The SMILES string of the molecule is CCCCOc1c(Cl)cc(C(=O)N2CCC(CNCC)CC2)cc1OC. The third-order valence-corrected chi connectivity index (χ3v) is 5.09. The highest BCUT2D eigenvalue weighted by Gasteiger charge is 2.25. The van der Waals surface area contributed by atoms with Crippen LogP contribution in [0.3, 0.4) is 0 Å². The van der Waals surface area contributed by atoms with Crippen LogP contribution in [0.4, 0.5) is 0 Å². The molecule has 0 unspecified atom stereocenters. The largest absolute Gasteiger partial charge is 0.493 e. The lowest BCUT2D eigenvalue weighted by molar-refractivity contribution is 0.0690. The highest BCUT2D eigenvalue weighted by molar-refractivity contribution is 6.32. The maximum Gasteiger partial charge on any atom is 0.254 e. The first kappa shape index (κ1) is 20.8. The third kappa shape index (κ3) is 5.52. The number of nitrogens with zero attached hydrogens (tertiary/aromatic N) is 1. The minimum Gasteiger partial charge on any atom is -0.493 e. The Morgan fingerprint density at radius 1 is 1.31 bits per heavy atom. The predicted octanol–water partition coefficient (Wildman–Crippen LogP) is 3.99. The van der Waals surface area contributed by atoms with Gasteiger partial charge in [0.15, 0.2) is 11.5 Å². The Kier molecular flexibility index (Phi) is 8.52. The van der Waals surface area contributed by atoms with Crippen molar-refractivity contribution in [3.05, 3.63) is 22.7 Å². The van der Waals surface area contributed by atoms with Gasteiger partial charge < -0.3 is 19.7 Å². The molecule has 1 saturated heterocycles. The molecular formula is C20H31ClN2O3. The molecule has 1 aliphatic rings. The number of halogens is 1. The molecule has 1 heterocycles. The molecule has 26 heavy (non-hydrogen) atoms. The number of hydrogen-bond donors (Lipinski definition) is 1. The second-order valence-electron chi connectivity index (χ2n) is 6.73. The molecule has 0 radical (unpaired) electrons. The number of carbonyl (C=O) groups is 1. The van der Waals surface area contributed by atoms with Crippen LogP contribution >= 0.6 is 11.6 Å². The minimum absolute atomic E-state index is 0.00667. The van der Waals surface area contributed by atoms with E-state index in [4.69, 9.17) is 21.1 Å². The number of methoxy groups -OCH3 is 1. The fourth-order valence-corrected chi connectivity index (χ4v) is 3.44. The predicted molar refractivity (Wildman–Crippen MR) is 106 cm³/mol. The van der Waals surface area contributed by atoms with E-state index in [1.54, 1.807) is 19.2 Å². The smallest absolute Gasteiger partial charge is 0.254 e. The first-order valence-corrected chi connectivity index (χ1v) is 9.98. The topological polar surface area (TPSA) is 50.8 Å². The highest BCUT2D eigenvalue weighted by atomic mass is 35.5. The van der Waals surface area contributed by atoms with Crippen molar-refractivity contribution >= 4 is 17.5 Å². The van der Waals surface area contributed by atoms with Gasteiger partial charge in [-0.3, -0.25) is 4.79 Å². The van der Waals surface area contributed by atoms with Gasteiger partial charge in [0.1, 0.15) is 0 Å². The zero-order valence-electron chi connectivity index (χ0n) is 16.1. The first-order chi connectivity index (χ1) is 12.6. The van der Waals surface area contributed by atoms with E-state index in [0.29, 0.717) is 34.6 Å². The molecule has 1 fully saturated rings. The van der Waals surface area contributed by atoms with Crippen molar-refractivity contribution in [3.8, 4) is 11.5 Å². The summed E-state index contributed by atoms with van der Waals surface area (Å²) in [5, 5.41) is 3.81. The van der Waals surface area contributed by atoms with Crippen molar-refractivity contribution in [1.29, 1.82) is 0 Å². The lowest BCUT2D eigenvalue weighted by atomic mass is 9.96. The molecule has 0 atom stereocenters. The van der Waals surface area contributed by atoms with E-state index >= 15 is 0 Å². The van der Waals surface area contributed by atoms with Gasteiger partial charge >= 0.3 is 0 Å². The number of ether oxygens (including phenoxy) is 2. The second-order valence-corrected chi connectivity index (χ2v) is 7.14. The standard InChI is InChI=1S/C20H31ClN2O3/c1-4-6-11-26-19-17(21)12-16(13-18(19)25-3)20(24)23-9-7-15(8-10-23)14-22-5-2/h12-13,15,22H,4-11,14H2,1-3H3. The Labute approximate surface area is 162 Å². The monoisotopic (exact) mass is 382 g/mol. The molecular weight excluding hydrogens is 352 g/mol. The van der Waals surface area contributed by atoms with Crippen LogP contribution in [0, 0.1) is 5.92 Å². The minimum atomic E-state index is 0.00667. The number of unbranched alkanes of at least 4 members (excludes halogenated alkanes) is 1. The molecule has 2 rings (SSSR count). The van der Waals surface area contributed by atoms with Gasteiger partial charge in [0.2, 0.25) is 0 Å². The fraction of sp³-hybridized carbons (Fsp3) is 0.650. The average molecular weight is 383 g/mol. The lowest BCUT2D eigenvalue weighted by Crippen LogP contribution is -2.40. The normalized spacial score (nSPS) is 15.2. The Balaban J connectivity index is 2.04. The van der Waals surface area contributed by atoms with Gasteiger partial charge in [-0.15, -0.1) is 0 Å². The number of amides is 1. The third-order valence-electron chi connectivity index (χ3n) is 4.81.